The maximum atomic E-state index is 12.8. The van der Waals surface area contributed by atoms with Crippen LogP contribution in [0.1, 0.15) is 17.8 Å². The lowest BCUT2D eigenvalue weighted by atomic mass is 9.92. The molecule has 1 amide bonds. The van der Waals surface area contributed by atoms with Crippen molar-refractivity contribution in [1.82, 2.24) is 20.0 Å². The standard InChI is InChI=1S/C16H25N5O2S.C2HF3O2/c1-11-17-18-16(24-11)21-4-3-12-9-13(23-14(12)10-21)15(22)20-7-5-19(2)6-8-20;3-2(4,5)1(6)7/h12-14H,3-10H2,1-2H3;(H,6,7)/t12-,13+,14+;/m0./s1. The summed E-state index contributed by atoms with van der Waals surface area (Å²) in [5, 5.41) is 17.4. The summed E-state index contributed by atoms with van der Waals surface area (Å²) in [6.07, 6.45) is -3.25. The number of carbonyl (C=O) groups excluding carboxylic acids is 1. The molecule has 31 heavy (non-hydrogen) atoms. The average molecular weight is 465 g/mol. The first-order chi connectivity index (χ1) is 14.5. The number of alkyl halides is 3. The molecule has 3 saturated heterocycles. The van der Waals surface area contributed by atoms with E-state index < -0.39 is 12.1 Å². The Bertz CT molecular complexity index is 784. The van der Waals surface area contributed by atoms with E-state index in [1.807, 2.05) is 11.8 Å². The van der Waals surface area contributed by atoms with Gasteiger partial charge in [-0.15, -0.1) is 10.2 Å². The van der Waals surface area contributed by atoms with Gasteiger partial charge in [0.15, 0.2) is 0 Å². The van der Waals surface area contributed by atoms with Gasteiger partial charge in [-0.3, -0.25) is 4.79 Å². The third-order valence-corrected chi connectivity index (χ3v) is 6.57. The van der Waals surface area contributed by atoms with Gasteiger partial charge in [-0.25, -0.2) is 4.79 Å². The van der Waals surface area contributed by atoms with Gasteiger partial charge in [-0.1, -0.05) is 11.3 Å². The molecular formula is C18H26F3N5O4S. The molecule has 3 aliphatic heterocycles. The van der Waals surface area contributed by atoms with E-state index in [-0.39, 0.29) is 18.1 Å². The molecule has 9 nitrogen and oxygen atoms in total. The van der Waals surface area contributed by atoms with E-state index in [2.05, 4.69) is 27.0 Å². The number of aliphatic carboxylic acids is 1. The molecule has 4 rings (SSSR count). The summed E-state index contributed by atoms with van der Waals surface area (Å²) >= 11 is 1.63. The van der Waals surface area contributed by atoms with E-state index in [0.29, 0.717) is 5.92 Å². The van der Waals surface area contributed by atoms with Crippen LogP contribution < -0.4 is 4.90 Å². The molecule has 0 aromatic carbocycles. The number of ether oxygens (including phenoxy) is 1. The minimum Gasteiger partial charge on any atom is -0.475 e. The van der Waals surface area contributed by atoms with Gasteiger partial charge in [0.2, 0.25) is 5.13 Å². The number of amides is 1. The second-order valence-electron chi connectivity index (χ2n) is 7.93. The van der Waals surface area contributed by atoms with Crippen molar-refractivity contribution in [2.75, 3.05) is 51.2 Å². The van der Waals surface area contributed by atoms with E-state index in [0.717, 1.165) is 62.2 Å². The maximum absolute atomic E-state index is 12.8. The lowest BCUT2D eigenvalue weighted by Crippen LogP contribution is -2.50. The number of hydrogen-bond acceptors (Lipinski definition) is 8. The van der Waals surface area contributed by atoms with Crippen LogP contribution in [0.5, 0.6) is 0 Å². The summed E-state index contributed by atoms with van der Waals surface area (Å²) in [6, 6.07) is 0. The molecule has 13 heteroatoms. The molecule has 1 aromatic rings. The van der Waals surface area contributed by atoms with Crippen LogP contribution in [0, 0.1) is 12.8 Å². The molecule has 0 radical (unpaired) electrons. The predicted octanol–water partition coefficient (Wildman–Crippen LogP) is 1.24. The Labute approximate surface area is 181 Å². The second kappa shape index (κ2) is 9.65. The summed E-state index contributed by atoms with van der Waals surface area (Å²) in [5.74, 6) is -2.07. The summed E-state index contributed by atoms with van der Waals surface area (Å²) in [7, 11) is 2.10. The fourth-order valence-corrected chi connectivity index (χ4v) is 4.63. The summed E-state index contributed by atoms with van der Waals surface area (Å²) < 4.78 is 37.9. The highest BCUT2D eigenvalue weighted by atomic mass is 32.1. The van der Waals surface area contributed by atoms with E-state index in [1.165, 1.54) is 0 Å². The number of nitrogens with zero attached hydrogens (tertiary/aromatic N) is 5. The summed E-state index contributed by atoms with van der Waals surface area (Å²) in [6.45, 7) is 7.33. The number of carboxylic acids is 1. The number of aryl methyl sites for hydroxylation is 1. The van der Waals surface area contributed by atoms with Gasteiger partial charge in [-0.05, 0) is 32.7 Å². The van der Waals surface area contributed by atoms with Gasteiger partial charge in [-0.2, -0.15) is 13.2 Å². The number of hydrogen-bond donors (Lipinski definition) is 1. The zero-order chi connectivity index (χ0) is 22.8. The fraction of sp³-hybridized carbons (Fsp3) is 0.778. The van der Waals surface area contributed by atoms with Crippen LogP contribution in [0.3, 0.4) is 0 Å². The Kier molecular flexibility index (Phi) is 7.37. The third-order valence-electron chi connectivity index (χ3n) is 5.67. The number of aromatic nitrogens is 2. The first-order valence-corrected chi connectivity index (χ1v) is 10.8. The molecule has 174 valence electrons. The summed E-state index contributed by atoms with van der Waals surface area (Å²) in [4.78, 5) is 28.2. The van der Waals surface area contributed by atoms with Crippen LogP contribution >= 0.6 is 11.3 Å². The molecule has 0 aliphatic carbocycles. The van der Waals surface area contributed by atoms with Crippen molar-refractivity contribution in [1.29, 1.82) is 0 Å². The number of likely N-dealkylation sites (N-methyl/N-ethyl adjacent to an activating group) is 1. The minimum absolute atomic E-state index is 0.143. The molecule has 3 fully saturated rings. The number of fused-ring (bicyclic) bond motifs is 1. The first kappa shape index (κ1) is 23.7. The van der Waals surface area contributed by atoms with Crippen LogP contribution in [-0.2, 0) is 14.3 Å². The minimum atomic E-state index is -5.08. The van der Waals surface area contributed by atoms with Crippen molar-refractivity contribution in [2.45, 2.75) is 38.1 Å². The molecule has 0 spiro atoms. The highest BCUT2D eigenvalue weighted by Crippen LogP contribution is 2.36. The molecule has 1 aromatic heterocycles. The highest BCUT2D eigenvalue weighted by molar-refractivity contribution is 7.15. The SMILES string of the molecule is Cc1nnc(N2CC[C@H]3C[C@H](C(=O)N4CCN(C)CC4)O[C@@H]3C2)s1.O=C(O)C(F)(F)F. The smallest absolute Gasteiger partial charge is 0.475 e. The van der Waals surface area contributed by atoms with Crippen molar-refractivity contribution in [3.63, 3.8) is 0 Å². The Hall–Kier alpha value is -1.99. The summed E-state index contributed by atoms with van der Waals surface area (Å²) in [5.41, 5.74) is 0. The van der Waals surface area contributed by atoms with Gasteiger partial charge >= 0.3 is 12.1 Å². The van der Waals surface area contributed by atoms with Crippen LogP contribution in [-0.4, -0.2) is 102 Å². The van der Waals surface area contributed by atoms with Crippen molar-refractivity contribution < 1.29 is 32.6 Å². The van der Waals surface area contributed by atoms with E-state index in [9.17, 15) is 18.0 Å². The monoisotopic (exact) mass is 465 g/mol. The number of halogens is 3. The van der Waals surface area contributed by atoms with Crippen molar-refractivity contribution in [3.05, 3.63) is 5.01 Å². The zero-order valence-corrected chi connectivity index (χ0v) is 18.2. The van der Waals surface area contributed by atoms with Gasteiger partial charge in [0.1, 0.15) is 11.1 Å². The van der Waals surface area contributed by atoms with Crippen LogP contribution in [0.2, 0.25) is 0 Å². The normalized spacial score (nSPS) is 26.8. The number of carboxylic acid groups (broad SMARTS) is 1. The van der Waals surface area contributed by atoms with E-state index >= 15 is 0 Å². The lowest BCUT2D eigenvalue weighted by Gasteiger charge is -2.34. The van der Waals surface area contributed by atoms with Crippen LogP contribution in [0.25, 0.3) is 0 Å². The quantitative estimate of drug-likeness (QED) is 0.697. The topological polar surface area (TPSA) is 99.1 Å². The van der Waals surface area contributed by atoms with E-state index in [4.69, 9.17) is 14.6 Å². The number of rotatable bonds is 2. The molecule has 0 saturated carbocycles. The fourth-order valence-electron chi connectivity index (χ4n) is 3.91. The van der Waals surface area contributed by atoms with Crippen LogP contribution in [0.4, 0.5) is 18.3 Å². The van der Waals surface area contributed by atoms with Crippen molar-refractivity contribution in [3.8, 4) is 0 Å². The molecule has 3 aliphatic rings. The maximum Gasteiger partial charge on any atom is 0.490 e. The van der Waals surface area contributed by atoms with E-state index in [1.54, 1.807) is 11.3 Å². The Morgan fingerprint density at radius 2 is 1.81 bits per heavy atom. The largest absolute Gasteiger partial charge is 0.490 e. The molecule has 0 bridgehead atoms. The number of piperidine rings is 1. The highest BCUT2D eigenvalue weighted by Gasteiger charge is 2.43. The Morgan fingerprint density at radius 1 is 1.16 bits per heavy atom. The molecular weight excluding hydrogens is 439 g/mol. The van der Waals surface area contributed by atoms with Gasteiger partial charge in [0.25, 0.3) is 5.91 Å². The van der Waals surface area contributed by atoms with Crippen LogP contribution in [0.15, 0.2) is 0 Å². The molecule has 3 atom stereocenters. The molecule has 4 heterocycles. The second-order valence-corrected chi connectivity index (χ2v) is 9.09. The average Bonchev–Trinajstić information content (AvgIpc) is 3.33. The van der Waals surface area contributed by atoms with Crippen molar-refractivity contribution >= 4 is 28.3 Å². The van der Waals surface area contributed by atoms with Gasteiger partial charge < -0.3 is 24.5 Å². The van der Waals surface area contributed by atoms with Gasteiger partial charge in [0.05, 0.1) is 6.10 Å². The third kappa shape index (κ3) is 6.04. The first-order valence-electron chi connectivity index (χ1n) is 10.0. The number of carbonyl (C=O) groups is 2. The Balaban J connectivity index is 0.000000339. The predicted molar refractivity (Wildman–Crippen MR) is 106 cm³/mol. The molecule has 0 unspecified atom stereocenters. The lowest BCUT2D eigenvalue weighted by molar-refractivity contribution is -0.192. The zero-order valence-electron chi connectivity index (χ0n) is 17.3. The number of piperazine rings is 1. The molecule has 1 N–H and O–H groups in total. The van der Waals surface area contributed by atoms with Gasteiger partial charge in [0, 0.05) is 39.3 Å². The number of anilines is 1. The Morgan fingerprint density at radius 3 is 2.35 bits per heavy atom. The van der Waals surface area contributed by atoms with Crippen molar-refractivity contribution in [2.24, 2.45) is 5.92 Å².